The zero-order valence-electron chi connectivity index (χ0n) is 11.3. The molecule has 0 fully saturated rings. The number of rotatable bonds is 4. The lowest BCUT2D eigenvalue weighted by molar-refractivity contribution is 0.556. The summed E-state index contributed by atoms with van der Waals surface area (Å²) in [6, 6.07) is 8.63. The minimum atomic E-state index is 0.330. The Morgan fingerprint density at radius 3 is 2.72 bits per heavy atom. The molecule has 96 valence electrons. The van der Waals surface area contributed by atoms with Crippen molar-refractivity contribution in [3.8, 4) is 0 Å². The Hall–Kier alpha value is -1.45. The maximum absolute atomic E-state index is 5.64. The summed E-state index contributed by atoms with van der Waals surface area (Å²) in [6.45, 7) is 7.80. The first-order valence-corrected chi connectivity index (χ1v) is 6.41. The largest absolute Gasteiger partial charge is 0.329 e. The van der Waals surface area contributed by atoms with Gasteiger partial charge < -0.3 is 11.1 Å². The van der Waals surface area contributed by atoms with Crippen molar-refractivity contribution < 1.29 is 0 Å². The van der Waals surface area contributed by atoms with Gasteiger partial charge in [-0.2, -0.15) is 0 Å². The van der Waals surface area contributed by atoms with Crippen LogP contribution in [0.25, 0.3) is 10.9 Å². The Balaban J connectivity index is 2.43. The average Bonchev–Trinajstić information content (AvgIpc) is 2.39. The number of nitrogens with one attached hydrogen (secondary N) is 1. The molecule has 1 atom stereocenters. The summed E-state index contributed by atoms with van der Waals surface area (Å²) < 4.78 is 0. The van der Waals surface area contributed by atoms with E-state index in [0.29, 0.717) is 12.6 Å². The molecule has 0 aliphatic rings. The van der Waals surface area contributed by atoms with Gasteiger partial charge in [-0.3, -0.25) is 4.98 Å². The molecule has 1 heterocycles. The Labute approximate surface area is 108 Å². The first-order valence-electron chi connectivity index (χ1n) is 6.41. The van der Waals surface area contributed by atoms with Crippen LogP contribution in [-0.2, 0) is 6.54 Å². The second kappa shape index (κ2) is 5.46. The average molecular weight is 243 g/mol. The Bertz CT molecular complexity index is 549. The molecule has 0 saturated heterocycles. The zero-order valence-corrected chi connectivity index (χ0v) is 11.3. The number of pyridine rings is 1. The van der Waals surface area contributed by atoms with E-state index in [9.17, 15) is 0 Å². The molecule has 0 saturated carbocycles. The number of aryl methyl sites for hydroxylation is 1. The van der Waals surface area contributed by atoms with Crippen LogP contribution in [0.4, 0.5) is 0 Å². The topological polar surface area (TPSA) is 50.9 Å². The lowest BCUT2D eigenvalue weighted by Crippen LogP contribution is -2.32. The maximum Gasteiger partial charge on any atom is 0.0708 e. The Kier molecular flexibility index (Phi) is 3.94. The standard InChI is InChI=1S/C15H21N3/c1-10(8-16)17-9-14-11(2)12(3)18-15-7-5-4-6-13(14)15/h4-7,10,17H,8-9,16H2,1-3H3. The van der Waals surface area contributed by atoms with Crippen molar-refractivity contribution in [2.75, 3.05) is 6.54 Å². The van der Waals surface area contributed by atoms with E-state index in [0.717, 1.165) is 17.8 Å². The minimum Gasteiger partial charge on any atom is -0.329 e. The molecule has 0 amide bonds. The predicted molar refractivity (Wildman–Crippen MR) is 76.6 cm³/mol. The molecule has 0 bridgehead atoms. The summed E-state index contributed by atoms with van der Waals surface area (Å²) >= 11 is 0. The number of benzene rings is 1. The van der Waals surface area contributed by atoms with E-state index in [1.54, 1.807) is 0 Å². The van der Waals surface area contributed by atoms with Crippen molar-refractivity contribution in [2.24, 2.45) is 5.73 Å². The van der Waals surface area contributed by atoms with Crippen LogP contribution in [-0.4, -0.2) is 17.6 Å². The molecule has 3 heteroatoms. The first kappa shape index (κ1) is 13.0. The molecule has 2 rings (SSSR count). The lowest BCUT2D eigenvalue weighted by atomic mass is 10.0. The fraction of sp³-hybridized carbons (Fsp3) is 0.400. The van der Waals surface area contributed by atoms with Crippen LogP contribution in [0.2, 0.25) is 0 Å². The highest BCUT2D eigenvalue weighted by Gasteiger charge is 2.09. The molecule has 3 nitrogen and oxygen atoms in total. The van der Waals surface area contributed by atoms with Crippen LogP contribution in [0.5, 0.6) is 0 Å². The van der Waals surface area contributed by atoms with Crippen molar-refractivity contribution in [1.29, 1.82) is 0 Å². The SMILES string of the molecule is Cc1nc2ccccc2c(CNC(C)CN)c1C. The second-order valence-corrected chi connectivity index (χ2v) is 4.84. The fourth-order valence-corrected chi connectivity index (χ4v) is 2.10. The van der Waals surface area contributed by atoms with Gasteiger partial charge in [0.15, 0.2) is 0 Å². The molecule has 0 radical (unpaired) electrons. The number of fused-ring (bicyclic) bond motifs is 1. The number of nitrogens with two attached hydrogens (primary N) is 1. The third kappa shape index (κ3) is 2.52. The molecule has 18 heavy (non-hydrogen) atoms. The summed E-state index contributed by atoms with van der Waals surface area (Å²) in [5.41, 5.74) is 10.4. The minimum absolute atomic E-state index is 0.330. The molecular formula is C15H21N3. The van der Waals surface area contributed by atoms with E-state index in [-0.39, 0.29) is 0 Å². The van der Waals surface area contributed by atoms with E-state index < -0.39 is 0 Å². The van der Waals surface area contributed by atoms with Crippen molar-refractivity contribution in [3.05, 3.63) is 41.1 Å². The predicted octanol–water partition coefficient (Wildman–Crippen LogP) is 2.29. The normalized spacial score (nSPS) is 12.9. The van der Waals surface area contributed by atoms with E-state index in [1.807, 2.05) is 6.07 Å². The second-order valence-electron chi connectivity index (χ2n) is 4.84. The maximum atomic E-state index is 5.64. The Morgan fingerprint density at radius 1 is 1.28 bits per heavy atom. The van der Waals surface area contributed by atoms with Gasteiger partial charge in [-0.05, 0) is 38.0 Å². The summed E-state index contributed by atoms with van der Waals surface area (Å²) in [4.78, 5) is 4.63. The summed E-state index contributed by atoms with van der Waals surface area (Å²) in [6.07, 6.45) is 0. The van der Waals surface area contributed by atoms with Crippen LogP contribution in [0.1, 0.15) is 23.7 Å². The van der Waals surface area contributed by atoms with Gasteiger partial charge in [-0.25, -0.2) is 0 Å². The van der Waals surface area contributed by atoms with Crippen LogP contribution in [0, 0.1) is 13.8 Å². The van der Waals surface area contributed by atoms with Gasteiger partial charge in [0.1, 0.15) is 0 Å². The van der Waals surface area contributed by atoms with Crippen LogP contribution >= 0.6 is 0 Å². The van der Waals surface area contributed by atoms with E-state index in [1.165, 1.54) is 16.5 Å². The molecule has 2 aromatic rings. The molecule has 0 spiro atoms. The smallest absolute Gasteiger partial charge is 0.0708 e. The third-order valence-corrected chi connectivity index (χ3v) is 3.49. The molecule has 0 aliphatic carbocycles. The van der Waals surface area contributed by atoms with Crippen molar-refractivity contribution >= 4 is 10.9 Å². The number of nitrogens with zero attached hydrogens (tertiary/aromatic N) is 1. The van der Waals surface area contributed by atoms with Crippen molar-refractivity contribution in [1.82, 2.24) is 10.3 Å². The molecule has 1 unspecified atom stereocenters. The molecule has 3 N–H and O–H groups in total. The number of hydrogen-bond acceptors (Lipinski definition) is 3. The third-order valence-electron chi connectivity index (χ3n) is 3.49. The van der Waals surface area contributed by atoms with Gasteiger partial charge in [-0.15, -0.1) is 0 Å². The molecule has 0 aliphatic heterocycles. The van der Waals surface area contributed by atoms with Crippen LogP contribution in [0.3, 0.4) is 0 Å². The molecule has 1 aromatic heterocycles. The van der Waals surface area contributed by atoms with Crippen LogP contribution < -0.4 is 11.1 Å². The van der Waals surface area contributed by atoms with E-state index >= 15 is 0 Å². The summed E-state index contributed by atoms with van der Waals surface area (Å²) in [5, 5.41) is 4.69. The number of aromatic nitrogens is 1. The highest BCUT2D eigenvalue weighted by molar-refractivity contribution is 5.83. The van der Waals surface area contributed by atoms with Gasteiger partial charge in [0, 0.05) is 30.2 Å². The van der Waals surface area contributed by atoms with Gasteiger partial charge >= 0.3 is 0 Å². The van der Waals surface area contributed by atoms with Crippen molar-refractivity contribution in [3.63, 3.8) is 0 Å². The summed E-state index contributed by atoms with van der Waals surface area (Å²) in [5.74, 6) is 0. The highest BCUT2D eigenvalue weighted by atomic mass is 14.9. The van der Waals surface area contributed by atoms with E-state index in [4.69, 9.17) is 5.73 Å². The zero-order chi connectivity index (χ0) is 13.1. The quantitative estimate of drug-likeness (QED) is 0.866. The van der Waals surface area contributed by atoms with Gasteiger partial charge in [0.25, 0.3) is 0 Å². The highest BCUT2D eigenvalue weighted by Crippen LogP contribution is 2.22. The van der Waals surface area contributed by atoms with Crippen LogP contribution in [0.15, 0.2) is 24.3 Å². The lowest BCUT2D eigenvalue weighted by Gasteiger charge is -2.16. The Morgan fingerprint density at radius 2 is 2.00 bits per heavy atom. The van der Waals surface area contributed by atoms with Gasteiger partial charge in [-0.1, -0.05) is 18.2 Å². The van der Waals surface area contributed by atoms with Gasteiger partial charge in [0.2, 0.25) is 0 Å². The first-order chi connectivity index (χ1) is 8.63. The fourth-order valence-electron chi connectivity index (χ4n) is 2.10. The van der Waals surface area contributed by atoms with Crippen molar-refractivity contribution in [2.45, 2.75) is 33.4 Å². The molecule has 1 aromatic carbocycles. The molecular weight excluding hydrogens is 222 g/mol. The number of hydrogen-bond donors (Lipinski definition) is 2. The monoisotopic (exact) mass is 243 g/mol. The number of para-hydroxylation sites is 1. The summed E-state index contributed by atoms with van der Waals surface area (Å²) in [7, 11) is 0. The van der Waals surface area contributed by atoms with E-state index in [2.05, 4.69) is 49.3 Å². The van der Waals surface area contributed by atoms with Gasteiger partial charge in [0.05, 0.1) is 5.52 Å².